The second-order valence-corrected chi connectivity index (χ2v) is 10.5. The number of nitrogens with one attached hydrogen (secondary N) is 1. The summed E-state index contributed by atoms with van der Waals surface area (Å²) >= 11 is 0. The third-order valence-corrected chi connectivity index (χ3v) is 8.03. The number of rotatable bonds is 5. The molecule has 4 unspecified atom stereocenters. The first-order valence-corrected chi connectivity index (χ1v) is 11.5. The Bertz CT molecular complexity index is 914. The second-order valence-electron chi connectivity index (χ2n) is 10.5. The molecule has 1 aliphatic heterocycles. The van der Waals surface area contributed by atoms with Gasteiger partial charge in [-0.15, -0.1) is 0 Å². The van der Waals surface area contributed by atoms with E-state index in [0.29, 0.717) is 18.8 Å². The lowest BCUT2D eigenvalue weighted by Crippen LogP contribution is -2.76. The van der Waals surface area contributed by atoms with E-state index in [9.17, 15) is 19.8 Å². The molecule has 1 amide bonds. The van der Waals surface area contributed by atoms with Gasteiger partial charge in [0.15, 0.2) is 5.78 Å². The molecule has 5 rings (SSSR count). The number of aliphatic hydroxyl groups is 1. The van der Waals surface area contributed by atoms with Gasteiger partial charge < -0.3 is 20.4 Å². The average molecular weight is 428 g/mol. The smallest absolute Gasteiger partial charge is 0.234 e. The summed E-state index contributed by atoms with van der Waals surface area (Å²) in [5.41, 5.74) is 0.217. The molecular formula is C24H33N3O4. The van der Waals surface area contributed by atoms with Gasteiger partial charge >= 0.3 is 0 Å². The van der Waals surface area contributed by atoms with Crippen LogP contribution in [0.4, 0.5) is 0 Å². The van der Waals surface area contributed by atoms with Crippen molar-refractivity contribution >= 4 is 11.7 Å². The maximum absolute atomic E-state index is 13.3. The molecule has 3 aliphatic carbocycles. The van der Waals surface area contributed by atoms with Crippen LogP contribution in [0.15, 0.2) is 18.2 Å². The van der Waals surface area contributed by atoms with Gasteiger partial charge in [0.1, 0.15) is 5.75 Å². The molecule has 0 radical (unpaired) electrons. The van der Waals surface area contributed by atoms with Gasteiger partial charge in [-0.25, -0.2) is 0 Å². The lowest BCUT2D eigenvalue weighted by atomic mass is 9.48. The van der Waals surface area contributed by atoms with E-state index < -0.39 is 17.1 Å². The minimum Gasteiger partial charge on any atom is -0.508 e. The van der Waals surface area contributed by atoms with E-state index in [-0.39, 0.29) is 42.9 Å². The molecule has 3 N–H and O–H groups in total. The minimum atomic E-state index is -1.12. The lowest BCUT2D eigenvalue weighted by Gasteiger charge is -2.64. The fourth-order valence-corrected chi connectivity index (χ4v) is 6.41. The molecular weight excluding hydrogens is 394 g/mol. The number of Topliss-reactive ketones (excluding diaryl/α,β-unsaturated/α-hetero) is 1. The first-order chi connectivity index (χ1) is 14.7. The van der Waals surface area contributed by atoms with Gasteiger partial charge in [0.2, 0.25) is 5.91 Å². The predicted molar refractivity (Wildman–Crippen MR) is 116 cm³/mol. The number of carbonyl (C=O) groups is 2. The van der Waals surface area contributed by atoms with Crippen LogP contribution in [-0.2, 0) is 21.4 Å². The Morgan fingerprint density at radius 2 is 2.10 bits per heavy atom. The zero-order chi connectivity index (χ0) is 22.0. The molecule has 2 saturated carbocycles. The minimum absolute atomic E-state index is 0.0256. The highest BCUT2D eigenvalue weighted by Crippen LogP contribution is 2.58. The molecule has 7 heteroatoms. The van der Waals surface area contributed by atoms with Crippen molar-refractivity contribution in [2.75, 3.05) is 33.7 Å². The van der Waals surface area contributed by atoms with Crippen molar-refractivity contribution in [3.8, 4) is 5.75 Å². The van der Waals surface area contributed by atoms with Crippen LogP contribution in [0.3, 0.4) is 0 Å². The van der Waals surface area contributed by atoms with E-state index in [1.54, 1.807) is 17.0 Å². The van der Waals surface area contributed by atoms with Crippen LogP contribution in [0, 0.1) is 5.92 Å². The first-order valence-electron chi connectivity index (χ1n) is 11.5. The molecule has 4 atom stereocenters. The third kappa shape index (κ3) is 3.38. The first kappa shape index (κ1) is 20.9. The van der Waals surface area contributed by atoms with Crippen molar-refractivity contribution in [3.05, 3.63) is 29.3 Å². The highest BCUT2D eigenvalue weighted by molar-refractivity contribution is 5.92. The van der Waals surface area contributed by atoms with Crippen molar-refractivity contribution in [1.82, 2.24) is 15.1 Å². The molecule has 168 valence electrons. The Morgan fingerprint density at radius 3 is 2.81 bits per heavy atom. The number of likely N-dealkylation sites (N-methyl/N-ethyl adjacent to an activating group) is 1. The summed E-state index contributed by atoms with van der Waals surface area (Å²) in [5, 5.41) is 25.5. The van der Waals surface area contributed by atoms with Crippen LogP contribution in [0.5, 0.6) is 5.75 Å². The summed E-state index contributed by atoms with van der Waals surface area (Å²) in [5.74, 6) is 0.653. The number of ketones is 1. The number of hydrogen-bond acceptors (Lipinski definition) is 6. The number of nitrogens with zero attached hydrogens (tertiary/aromatic N) is 2. The number of piperidine rings is 1. The van der Waals surface area contributed by atoms with Gasteiger partial charge in [-0.2, -0.15) is 0 Å². The third-order valence-electron chi connectivity index (χ3n) is 8.03. The van der Waals surface area contributed by atoms with Crippen LogP contribution < -0.4 is 5.32 Å². The molecule has 1 heterocycles. The van der Waals surface area contributed by atoms with Crippen LogP contribution in [0.2, 0.25) is 0 Å². The summed E-state index contributed by atoms with van der Waals surface area (Å²) in [6.45, 7) is 2.05. The van der Waals surface area contributed by atoms with Gasteiger partial charge in [-0.1, -0.05) is 6.07 Å². The van der Waals surface area contributed by atoms with Crippen molar-refractivity contribution < 1.29 is 19.8 Å². The number of fused-ring (bicyclic) bond motifs is 1. The fourth-order valence-electron chi connectivity index (χ4n) is 6.41. The molecule has 0 spiro atoms. The Labute approximate surface area is 183 Å². The van der Waals surface area contributed by atoms with Gasteiger partial charge in [-0.05, 0) is 75.5 Å². The van der Waals surface area contributed by atoms with Crippen molar-refractivity contribution in [2.24, 2.45) is 5.92 Å². The van der Waals surface area contributed by atoms with E-state index in [2.05, 4.69) is 10.2 Å². The van der Waals surface area contributed by atoms with E-state index in [0.717, 1.165) is 24.2 Å². The van der Waals surface area contributed by atoms with E-state index >= 15 is 0 Å². The van der Waals surface area contributed by atoms with Crippen molar-refractivity contribution in [1.29, 1.82) is 0 Å². The standard InChI is InChI=1S/C24H33N3O4/c1-26(2)14-22(30)25-19-11-24(31)21-9-16-5-6-17(28)10-18(16)23(24,12-20(19)29)7-8-27(21)13-15-3-4-15/h5-6,10,15,19,21,28,31H,3-4,7-9,11-14H2,1-2H3,(H,25,30). The number of benzene rings is 1. The topological polar surface area (TPSA) is 93.1 Å². The van der Waals surface area contributed by atoms with Crippen molar-refractivity contribution in [2.45, 2.75) is 61.6 Å². The van der Waals surface area contributed by atoms with E-state index in [1.165, 1.54) is 12.8 Å². The number of phenols is 1. The Hall–Kier alpha value is -1.96. The zero-order valence-corrected chi connectivity index (χ0v) is 18.4. The van der Waals surface area contributed by atoms with Crippen molar-refractivity contribution in [3.63, 3.8) is 0 Å². The summed E-state index contributed by atoms with van der Waals surface area (Å²) in [6.07, 6.45) is 4.31. The van der Waals surface area contributed by atoms with Crippen LogP contribution in [0.1, 0.15) is 43.2 Å². The Morgan fingerprint density at radius 1 is 1.32 bits per heavy atom. The van der Waals surface area contributed by atoms with E-state index in [1.807, 2.05) is 20.2 Å². The van der Waals surface area contributed by atoms with Gasteiger partial charge in [0.05, 0.1) is 18.2 Å². The molecule has 4 aliphatic rings. The SMILES string of the molecule is CN(C)CC(=O)NC1CC2(O)C3Cc4ccc(O)cc4C2(CCN3CC2CC2)CC1=O. The van der Waals surface area contributed by atoms with Crippen LogP contribution >= 0.6 is 0 Å². The molecule has 2 bridgehead atoms. The predicted octanol–water partition coefficient (Wildman–Crippen LogP) is 0.811. The molecule has 7 nitrogen and oxygen atoms in total. The molecule has 0 aromatic heterocycles. The summed E-state index contributed by atoms with van der Waals surface area (Å²) in [4.78, 5) is 29.9. The quantitative estimate of drug-likeness (QED) is 0.644. The molecule has 1 aromatic rings. The highest BCUT2D eigenvalue weighted by Gasteiger charge is 2.66. The maximum atomic E-state index is 13.3. The van der Waals surface area contributed by atoms with Gasteiger partial charge in [-0.3, -0.25) is 14.5 Å². The second kappa shape index (κ2) is 7.29. The number of amides is 1. The number of aromatic hydroxyl groups is 1. The molecule has 1 aromatic carbocycles. The molecule has 3 fully saturated rings. The summed E-state index contributed by atoms with van der Waals surface area (Å²) < 4.78 is 0. The summed E-state index contributed by atoms with van der Waals surface area (Å²) in [7, 11) is 3.63. The number of likely N-dealkylation sites (tertiary alicyclic amines) is 1. The lowest BCUT2D eigenvalue weighted by molar-refractivity contribution is -0.178. The van der Waals surface area contributed by atoms with Gasteiger partial charge in [0, 0.05) is 30.8 Å². The van der Waals surface area contributed by atoms with Crippen LogP contribution in [-0.4, -0.2) is 83.1 Å². The maximum Gasteiger partial charge on any atom is 0.234 e. The van der Waals surface area contributed by atoms with Crippen LogP contribution in [0.25, 0.3) is 0 Å². The van der Waals surface area contributed by atoms with E-state index in [4.69, 9.17) is 0 Å². The monoisotopic (exact) mass is 427 g/mol. The number of carbonyl (C=O) groups excluding carboxylic acids is 2. The number of hydrogen-bond donors (Lipinski definition) is 3. The zero-order valence-electron chi connectivity index (χ0n) is 18.4. The Kier molecular flexibility index (Phi) is 4.92. The Balaban J connectivity index is 1.53. The molecule has 31 heavy (non-hydrogen) atoms. The molecule has 1 saturated heterocycles. The van der Waals surface area contributed by atoms with Gasteiger partial charge in [0.25, 0.3) is 0 Å². The fraction of sp³-hybridized carbons (Fsp3) is 0.667. The average Bonchev–Trinajstić information content (AvgIpc) is 3.49. The normalized spacial score (nSPS) is 34.9. The summed E-state index contributed by atoms with van der Waals surface area (Å²) in [6, 6.07) is 4.66. The number of phenolic OH excluding ortho intramolecular Hbond substituents is 1. The highest BCUT2D eigenvalue weighted by atomic mass is 16.3. The largest absolute Gasteiger partial charge is 0.508 e.